The number of hydrogen-bond donors (Lipinski definition) is 2. The Morgan fingerprint density at radius 3 is 2.16 bits per heavy atom. The van der Waals surface area contributed by atoms with Crippen LogP contribution in [0, 0.1) is 17.8 Å². The van der Waals surface area contributed by atoms with Gasteiger partial charge in [0.2, 0.25) is 17.7 Å². The van der Waals surface area contributed by atoms with Crippen LogP contribution in [-0.4, -0.2) is 88.7 Å². The number of nitrogens with zero attached hydrogens (tertiary/aromatic N) is 2. The van der Waals surface area contributed by atoms with Crippen LogP contribution in [0.2, 0.25) is 0 Å². The van der Waals surface area contributed by atoms with Gasteiger partial charge < -0.3 is 25.0 Å². The maximum Gasteiger partial charge on any atom is 0.410 e. The van der Waals surface area contributed by atoms with Crippen molar-refractivity contribution in [3.63, 3.8) is 0 Å². The number of nitrogens with one attached hydrogen (secondary N) is 2. The number of amides is 4. The van der Waals surface area contributed by atoms with E-state index in [-0.39, 0.29) is 49.4 Å². The minimum Gasteiger partial charge on any atom is -0.460 e. The summed E-state index contributed by atoms with van der Waals surface area (Å²) in [6.45, 7) is 14.5. The average molecular weight is 699 g/mol. The molecule has 1 aromatic carbocycles. The van der Waals surface area contributed by atoms with Gasteiger partial charge in [-0.2, -0.15) is 0 Å². The van der Waals surface area contributed by atoms with Crippen molar-refractivity contribution in [2.45, 2.75) is 130 Å². The lowest BCUT2D eigenvalue weighted by atomic mass is 9.89. The van der Waals surface area contributed by atoms with E-state index < -0.39 is 53.5 Å². The third-order valence-corrected chi connectivity index (χ3v) is 8.99. The van der Waals surface area contributed by atoms with Crippen LogP contribution in [0.1, 0.15) is 105 Å². The third-order valence-electron chi connectivity index (χ3n) is 8.99. The summed E-state index contributed by atoms with van der Waals surface area (Å²) in [6, 6.07) is 6.77. The van der Waals surface area contributed by atoms with Crippen molar-refractivity contribution >= 4 is 35.6 Å². The highest BCUT2D eigenvalue weighted by Gasteiger charge is 2.38. The summed E-state index contributed by atoms with van der Waals surface area (Å²) < 4.78 is 11.0. The molecule has 0 spiro atoms. The van der Waals surface area contributed by atoms with E-state index in [4.69, 9.17) is 9.47 Å². The molecule has 12 nitrogen and oxygen atoms in total. The SMILES string of the molecule is CC(C)C[C@H](NC(=O)[C@@H]1CCCN1C(=O)OCc1ccccc1)C(=O)C[C@@H](CCC(=O)OC(C)(C)C)C(=O)N[C@H](C(=O)N1CCCC1)C(C)C. The minimum atomic E-state index is -0.940. The zero-order valence-electron chi connectivity index (χ0n) is 31.0. The molecule has 2 aliphatic rings. The molecular formula is C38H58N4O8. The normalized spacial score (nSPS) is 18.1. The second-order valence-corrected chi connectivity index (χ2v) is 15.3. The van der Waals surface area contributed by atoms with Crippen LogP contribution in [-0.2, 0) is 40.1 Å². The molecule has 2 fully saturated rings. The lowest BCUT2D eigenvalue weighted by Gasteiger charge is -2.29. The zero-order valence-corrected chi connectivity index (χ0v) is 31.0. The van der Waals surface area contributed by atoms with E-state index in [2.05, 4.69) is 10.6 Å². The Kier molecular flexibility index (Phi) is 15.3. The Bertz CT molecular complexity index is 1320. The molecule has 2 saturated heterocycles. The number of esters is 1. The first-order valence-corrected chi connectivity index (χ1v) is 18.2. The van der Waals surface area contributed by atoms with Gasteiger partial charge >= 0.3 is 12.1 Å². The smallest absolute Gasteiger partial charge is 0.410 e. The highest BCUT2D eigenvalue weighted by Crippen LogP contribution is 2.23. The summed E-state index contributed by atoms with van der Waals surface area (Å²) in [4.78, 5) is 83.6. The highest BCUT2D eigenvalue weighted by atomic mass is 16.6. The molecule has 0 saturated carbocycles. The quantitative estimate of drug-likeness (QED) is 0.234. The van der Waals surface area contributed by atoms with Crippen LogP contribution >= 0.6 is 0 Å². The number of benzene rings is 1. The van der Waals surface area contributed by atoms with E-state index in [9.17, 15) is 28.8 Å². The van der Waals surface area contributed by atoms with Gasteiger partial charge in [-0.1, -0.05) is 58.0 Å². The Labute approximate surface area is 297 Å². The van der Waals surface area contributed by atoms with Gasteiger partial charge in [0, 0.05) is 38.4 Å². The van der Waals surface area contributed by atoms with Crippen molar-refractivity contribution in [3.05, 3.63) is 35.9 Å². The topological polar surface area (TPSA) is 151 Å². The monoisotopic (exact) mass is 698 g/mol. The van der Waals surface area contributed by atoms with E-state index in [1.807, 2.05) is 58.0 Å². The molecule has 1 aromatic rings. The minimum absolute atomic E-state index is 0.0252. The first kappa shape index (κ1) is 40.5. The Morgan fingerprint density at radius 2 is 1.56 bits per heavy atom. The summed E-state index contributed by atoms with van der Waals surface area (Å²) in [5, 5.41) is 5.78. The molecule has 3 rings (SSSR count). The Balaban J connectivity index is 1.74. The van der Waals surface area contributed by atoms with Crippen molar-refractivity contribution in [1.82, 2.24) is 20.4 Å². The van der Waals surface area contributed by atoms with E-state index in [0.29, 0.717) is 38.9 Å². The lowest BCUT2D eigenvalue weighted by molar-refractivity contribution is -0.155. The van der Waals surface area contributed by atoms with Crippen molar-refractivity contribution in [2.75, 3.05) is 19.6 Å². The van der Waals surface area contributed by atoms with Gasteiger partial charge in [-0.05, 0) is 76.7 Å². The lowest BCUT2D eigenvalue weighted by Crippen LogP contribution is -2.53. The molecule has 0 bridgehead atoms. The molecule has 4 amide bonds. The molecule has 278 valence electrons. The predicted molar refractivity (Wildman–Crippen MR) is 189 cm³/mol. The van der Waals surface area contributed by atoms with Crippen LogP contribution in [0.25, 0.3) is 0 Å². The summed E-state index contributed by atoms with van der Waals surface area (Å²) in [7, 11) is 0. The Morgan fingerprint density at radius 1 is 0.900 bits per heavy atom. The summed E-state index contributed by atoms with van der Waals surface area (Å²) in [5.74, 6) is -3.08. The van der Waals surface area contributed by atoms with Gasteiger partial charge in [0.25, 0.3) is 0 Å². The molecule has 0 aromatic heterocycles. The zero-order chi connectivity index (χ0) is 37.0. The van der Waals surface area contributed by atoms with Gasteiger partial charge in [-0.3, -0.25) is 28.9 Å². The molecule has 2 aliphatic heterocycles. The number of Topliss-reactive ketones (excluding diaryl/α,β-unsaturated/α-hetero) is 1. The van der Waals surface area contributed by atoms with Gasteiger partial charge in [-0.15, -0.1) is 0 Å². The molecule has 2 N–H and O–H groups in total. The fourth-order valence-corrected chi connectivity index (χ4v) is 6.38. The maximum absolute atomic E-state index is 14.0. The van der Waals surface area contributed by atoms with Gasteiger partial charge in [0.1, 0.15) is 24.3 Å². The molecule has 50 heavy (non-hydrogen) atoms. The van der Waals surface area contributed by atoms with Gasteiger partial charge in [0.15, 0.2) is 5.78 Å². The molecule has 0 radical (unpaired) electrons. The van der Waals surface area contributed by atoms with Crippen molar-refractivity contribution in [3.8, 4) is 0 Å². The highest BCUT2D eigenvalue weighted by molar-refractivity contribution is 5.95. The number of carbonyl (C=O) groups is 6. The molecule has 2 heterocycles. The standard InChI is InChI=1S/C38H58N4O8/c1-25(2)22-29(39-35(46)30-16-13-21-42(30)37(48)49-24-27-14-9-8-10-15-27)31(43)23-28(17-18-32(44)50-38(5,6)7)34(45)40-33(26(3)4)36(47)41-19-11-12-20-41/h8-10,14-15,25-26,28-30,33H,11-13,16-24H2,1-7H3,(H,39,46)(H,40,45)/t28-,29+,30+,33+/m1/s1. The number of ketones is 1. The summed E-state index contributed by atoms with van der Waals surface area (Å²) in [6.07, 6.45) is 2.27. The summed E-state index contributed by atoms with van der Waals surface area (Å²) >= 11 is 0. The van der Waals surface area contributed by atoms with Crippen LogP contribution < -0.4 is 10.6 Å². The molecule has 0 unspecified atom stereocenters. The van der Waals surface area contributed by atoms with Crippen molar-refractivity contribution in [1.29, 1.82) is 0 Å². The fraction of sp³-hybridized carbons (Fsp3) is 0.684. The summed E-state index contributed by atoms with van der Waals surface area (Å²) in [5.41, 5.74) is 0.110. The van der Waals surface area contributed by atoms with Crippen LogP contribution in [0.4, 0.5) is 4.79 Å². The molecule has 0 aliphatic carbocycles. The third kappa shape index (κ3) is 12.7. The fourth-order valence-electron chi connectivity index (χ4n) is 6.38. The maximum atomic E-state index is 14.0. The largest absolute Gasteiger partial charge is 0.460 e. The number of ether oxygens (including phenoxy) is 2. The number of rotatable bonds is 16. The molecule has 12 heteroatoms. The second-order valence-electron chi connectivity index (χ2n) is 15.3. The number of carbonyl (C=O) groups excluding carboxylic acids is 6. The number of likely N-dealkylation sites (tertiary alicyclic amines) is 2. The first-order chi connectivity index (χ1) is 23.6. The first-order valence-electron chi connectivity index (χ1n) is 18.2. The Hall–Kier alpha value is -3.96. The van der Waals surface area contributed by atoms with Crippen LogP contribution in [0.15, 0.2) is 30.3 Å². The predicted octanol–water partition coefficient (Wildman–Crippen LogP) is 4.78. The van der Waals surface area contributed by atoms with E-state index in [0.717, 1.165) is 18.4 Å². The second kappa shape index (κ2) is 18.9. The van der Waals surface area contributed by atoms with Crippen molar-refractivity contribution in [2.24, 2.45) is 17.8 Å². The molecule has 4 atom stereocenters. The van der Waals surface area contributed by atoms with E-state index in [1.165, 1.54) is 4.90 Å². The van der Waals surface area contributed by atoms with Crippen LogP contribution in [0.3, 0.4) is 0 Å². The van der Waals surface area contributed by atoms with Gasteiger partial charge in [-0.25, -0.2) is 4.79 Å². The number of hydrogen-bond acceptors (Lipinski definition) is 8. The average Bonchev–Trinajstić information content (AvgIpc) is 3.76. The van der Waals surface area contributed by atoms with E-state index in [1.54, 1.807) is 25.7 Å². The molecular weight excluding hydrogens is 640 g/mol. The van der Waals surface area contributed by atoms with E-state index >= 15 is 0 Å². The van der Waals surface area contributed by atoms with Crippen molar-refractivity contribution < 1.29 is 38.2 Å². The van der Waals surface area contributed by atoms with Gasteiger partial charge in [0.05, 0.1) is 6.04 Å². The van der Waals surface area contributed by atoms with Crippen LogP contribution in [0.5, 0.6) is 0 Å².